The van der Waals surface area contributed by atoms with Crippen LogP contribution < -0.4 is 5.73 Å². The van der Waals surface area contributed by atoms with E-state index in [1.807, 2.05) is 30.3 Å². The number of furan rings is 1. The lowest BCUT2D eigenvalue weighted by molar-refractivity contribution is -0.485. The van der Waals surface area contributed by atoms with Gasteiger partial charge in [0.2, 0.25) is 6.54 Å². The average Bonchev–Trinajstić information content (AvgIpc) is 3.05. The zero-order valence-corrected chi connectivity index (χ0v) is 15.2. The van der Waals surface area contributed by atoms with Crippen LogP contribution in [0.4, 0.5) is 0 Å². The van der Waals surface area contributed by atoms with Crippen LogP contribution in [-0.2, 0) is 16.0 Å². The Bertz CT molecular complexity index is 737. The molecule has 26 heavy (non-hydrogen) atoms. The standard InChI is InChI=1S/C19H24N2O5/c1-18(2,3)26-17(22)19(20,12-14-8-5-4-6-9-14)15(13-21(23)24)16-10-7-11-25-16/h4-11,15H,12-13,20H2,1-3H3. The van der Waals surface area contributed by atoms with Gasteiger partial charge in [-0.3, -0.25) is 10.1 Å². The maximum atomic E-state index is 13.0. The van der Waals surface area contributed by atoms with Crippen molar-refractivity contribution >= 4 is 5.97 Å². The Hall–Kier alpha value is -2.67. The molecule has 0 aliphatic carbocycles. The van der Waals surface area contributed by atoms with Crippen LogP contribution in [0.3, 0.4) is 0 Å². The van der Waals surface area contributed by atoms with Gasteiger partial charge in [-0.15, -0.1) is 0 Å². The molecule has 0 amide bonds. The second kappa shape index (κ2) is 7.70. The summed E-state index contributed by atoms with van der Waals surface area (Å²) in [4.78, 5) is 23.8. The summed E-state index contributed by atoms with van der Waals surface area (Å²) in [5, 5.41) is 11.3. The zero-order valence-electron chi connectivity index (χ0n) is 15.2. The summed E-state index contributed by atoms with van der Waals surface area (Å²) in [7, 11) is 0. The predicted molar refractivity (Wildman–Crippen MR) is 96.2 cm³/mol. The zero-order chi connectivity index (χ0) is 19.4. The number of rotatable bonds is 7. The molecule has 0 saturated carbocycles. The highest BCUT2D eigenvalue weighted by molar-refractivity contribution is 5.83. The van der Waals surface area contributed by atoms with E-state index >= 15 is 0 Å². The molecule has 2 rings (SSSR count). The number of nitro groups is 1. The molecule has 7 nitrogen and oxygen atoms in total. The minimum Gasteiger partial charge on any atom is -0.469 e. The van der Waals surface area contributed by atoms with Gasteiger partial charge in [-0.1, -0.05) is 30.3 Å². The second-order valence-corrected chi connectivity index (χ2v) is 7.29. The van der Waals surface area contributed by atoms with Crippen LogP contribution in [0.2, 0.25) is 0 Å². The van der Waals surface area contributed by atoms with Gasteiger partial charge in [-0.05, 0) is 38.5 Å². The third-order valence-corrected chi connectivity index (χ3v) is 3.96. The molecule has 2 N–H and O–H groups in total. The fourth-order valence-electron chi connectivity index (χ4n) is 2.79. The van der Waals surface area contributed by atoms with E-state index in [1.165, 1.54) is 6.26 Å². The molecule has 0 radical (unpaired) electrons. The van der Waals surface area contributed by atoms with E-state index in [1.54, 1.807) is 32.9 Å². The third kappa shape index (κ3) is 4.92. The molecule has 0 fully saturated rings. The minimum absolute atomic E-state index is 0.0853. The number of nitrogens with zero attached hydrogens (tertiary/aromatic N) is 1. The summed E-state index contributed by atoms with van der Waals surface area (Å²) in [6, 6.07) is 12.3. The lowest BCUT2D eigenvalue weighted by Crippen LogP contribution is -2.58. The molecule has 0 bridgehead atoms. The van der Waals surface area contributed by atoms with Crippen LogP contribution in [0.25, 0.3) is 0 Å². The van der Waals surface area contributed by atoms with Crippen LogP contribution in [0, 0.1) is 10.1 Å². The molecule has 2 aromatic rings. The van der Waals surface area contributed by atoms with Crippen molar-refractivity contribution in [1.29, 1.82) is 0 Å². The van der Waals surface area contributed by atoms with Crippen LogP contribution >= 0.6 is 0 Å². The first-order chi connectivity index (χ1) is 12.1. The van der Waals surface area contributed by atoms with E-state index in [2.05, 4.69) is 0 Å². The first-order valence-corrected chi connectivity index (χ1v) is 8.33. The highest BCUT2D eigenvalue weighted by atomic mass is 16.6. The monoisotopic (exact) mass is 360 g/mol. The molecule has 0 aliphatic rings. The first-order valence-electron chi connectivity index (χ1n) is 8.33. The number of ether oxygens (including phenoxy) is 1. The molecule has 1 aromatic heterocycles. The number of carbonyl (C=O) groups is 1. The second-order valence-electron chi connectivity index (χ2n) is 7.29. The molecule has 1 heterocycles. The number of carbonyl (C=O) groups excluding carboxylic acids is 1. The Balaban J connectivity index is 2.48. The fraction of sp³-hybridized carbons (Fsp3) is 0.421. The van der Waals surface area contributed by atoms with Crippen molar-refractivity contribution in [2.45, 2.75) is 44.2 Å². The minimum atomic E-state index is -1.65. The molecule has 0 aliphatic heterocycles. The third-order valence-electron chi connectivity index (χ3n) is 3.96. The van der Waals surface area contributed by atoms with Crippen molar-refractivity contribution in [3.8, 4) is 0 Å². The Morgan fingerprint density at radius 3 is 2.38 bits per heavy atom. The Morgan fingerprint density at radius 1 is 1.23 bits per heavy atom. The van der Waals surface area contributed by atoms with Gasteiger partial charge in [0.05, 0.1) is 6.26 Å². The summed E-state index contributed by atoms with van der Waals surface area (Å²) in [5.41, 5.74) is 4.87. The van der Waals surface area contributed by atoms with Gasteiger partial charge in [0.15, 0.2) is 0 Å². The van der Waals surface area contributed by atoms with Crippen LogP contribution in [0.1, 0.15) is 38.0 Å². The molecule has 0 spiro atoms. The highest BCUT2D eigenvalue weighted by Crippen LogP contribution is 2.33. The summed E-state index contributed by atoms with van der Waals surface area (Å²) < 4.78 is 10.9. The quantitative estimate of drug-likeness (QED) is 0.462. The molecule has 0 saturated heterocycles. The van der Waals surface area contributed by atoms with Crippen molar-refractivity contribution in [1.82, 2.24) is 0 Å². The number of benzene rings is 1. The van der Waals surface area contributed by atoms with Gasteiger partial charge >= 0.3 is 5.97 Å². The lowest BCUT2D eigenvalue weighted by atomic mass is 9.78. The fourth-order valence-corrected chi connectivity index (χ4v) is 2.79. The smallest absolute Gasteiger partial charge is 0.328 e. The van der Waals surface area contributed by atoms with Crippen molar-refractivity contribution in [3.05, 3.63) is 70.2 Å². The average molecular weight is 360 g/mol. The van der Waals surface area contributed by atoms with Gasteiger partial charge < -0.3 is 14.9 Å². The summed E-state index contributed by atoms with van der Waals surface area (Å²) >= 11 is 0. The SMILES string of the molecule is CC(C)(C)OC(=O)C(N)(Cc1ccccc1)C(C[N+](=O)[O-])c1ccco1. The normalized spacial score (nSPS) is 15.1. The number of hydrogen-bond donors (Lipinski definition) is 1. The van der Waals surface area contributed by atoms with Crippen molar-refractivity contribution in [2.75, 3.05) is 6.54 Å². The topological polar surface area (TPSA) is 109 Å². The van der Waals surface area contributed by atoms with Crippen molar-refractivity contribution in [2.24, 2.45) is 5.73 Å². The Kier molecular flexibility index (Phi) is 5.82. The van der Waals surface area contributed by atoms with E-state index < -0.39 is 34.5 Å². The highest BCUT2D eigenvalue weighted by Gasteiger charge is 2.49. The van der Waals surface area contributed by atoms with Gasteiger partial charge in [0.25, 0.3) is 0 Å². The largest absolute Gasteiger partial charge is 0.469 e. The van der Waals surface area contributed by atoms with Crippen molar-refractivity contribution < 1.29 is 18.9 Å². The van der Waals surface area contributed by atoms with Crippen molar-refractivity contribution in [3.63, 3.8) is 0 Å². The molecular formula is C19H24N2O5. The van der Waals surface area contributed by atoms with Crippen LogP contribution in [0.5, 0.6) is 0 Å². The maximum absolute atomic E-state index is 13.0. The molecule has 1 aromatic carbocycles. The molecule has 7 heteroatoms. The molecule has 140 valence electrons. The first kappa shape index (κ1) is 19.7. The Labute approximate surface area is 152 Å². The van der Waals surface area contributed by atoms with E-state index in [0.717, 1.165) is 5.56 Å². The predicted octanol–water partition coefficient (Wildman–Crippen LogP) is 2.92. The van der Waals surface area contributed by atoms with Gasteiger partial charge in [0, 0.05) is 11.3 Å². The van der Waals surface area contributed by atoms with E-state index in [-0.39, 0.29) is 12.2 Å². The van der Waals surface area contributed by atoms with Gasteiger partial charge in [0.1, 0.15) is 22.8 Å². The van der Waals surface area contributed by atoms with Gasteiger partial charge in [-0.25, -0.2) is 4.79 Å². The van der Waals surface area contributed by atoms with Gasteiger partial charge in [-0.2, -0.15) is 0 Å². The molecule has 2 atom stereocenters. The number of esters is 1. The lowest BCUT2D eigenvalue weighted by Gasteiger charge is -2.35. The Morgan fingerprint density at radius 2 is 1.88 bits per heavy atom. The number of nitrogens with two attached hydrogens (primary N) is 1. The van der Waals surface area contributed by atoms with E-state index in [0.29, 0.717) is 0 Å². The molecular weight excluding hydrogens is 336 g/mol. The van der Waals surface area contributed by atoms with E-state index in [9.17, 15) is 14.9 Å². The summed E-state index contributed by atoms with van der Waals surface area (Å²) in [6.45, 7) is 4.63. The number of hydrogen-bond acceptors (Lipinski definition) is 6. The summed E-state index contributed by atoms with van der Waals surface area (Å²) in [6.07, 6.45) is 1.49. The van der Waals surface area contributed by atoms with E-state index in [4.69, 9.17) is 14.9 Å². The summed E-state index contributed by atoms with van der Waals surface area (Å²) in [5.74, 6) is -1.38. The maximum Gasteiger partial charge on any atom is 0.328 e. The van der Waals surface area contributed by atoms with Crippen LogP contribution in [0.15, 0.2) is 53.1 Å². The van der Waals surface area contributed by atoms with Crippen LogP contribution in [-0.4, -0.2) is 28.6 Å². The molecule has 2 unspecified atom stereocenters.